The molecule has 0 fully saturated rings. The standard InChI is InChI=1S/C30H16N2O3S/c33-26-22-14-20-8-4-5-9-21(20)15-23(22)27(34)24(26)16-25-31-29-30(36-25)32-28(35-29)19-12-10-18(11-13-19)17-6-2-1-3-7-17/h1-16H. The van der Waals surface area contributed by atoms with Crippen molar-refractivity contribution in [3.05, 3.63) is 113 Å². The maximum Gasteiger partial charge on any atom is 0.259 e. The first-order valence-electron chi connectivity index (χ1n) is 11.4. The lowest BCUT2D eigenvalue weighted by molar-refractivity contribution is 0.0990. The van der Waals surface area contributed by atoms with Crippen molar-refractivity contribution in [2.75, 3.05) is 0 Å². The summed E-state index contributed by atoms with van der Waals surface area (Å²) in [7, 11) is 0. The van der Waals surface area contributed by atoms with E-state index in [0.717, 1.165) is 27.5 Å². The van der Waals surface area contributed by atoms with Gasteiger partial charge in [-0.3, -0.25) is 9.59 Å². The summed E-state index contributed by atoms with van der Waals surface area (Å²) >= 11 is 1.29. The lowest BCUT2D eigenvalue weighted by atomic mass is 10.0. The Morgan fingerprint density at radius 1 is 0.667 bits per heavy atom. The fourth-order valence-electron chi connectivity index (χ4n) is 4.54. The lowest BCUT2D eigenvalue weighted by Crippen LogP contribution is -2.00. The highest BCUT2D eigenvalue weighted by molar-refractivity contribution is 7.18. The van der Waals surface area contributed by atoms with Crippen LogP contribution in [0.5, 0.6) is 0 Å². The van der Waals surface area contributed by atoms with Gasteiger partial charge in [-0.1, -0.05) is 78.1 Å². The Bertz CT molecular complexity index is 1770. The molecule has 0 N–H and O–H groups in total. The largest absolute Gasteiger partial charge is 0.417 e. The van der Waals surface area contributed by atoms with Crippen molar-refractivity contribution in [3.8, 4) is 22.6 Å². The second-order valence-corrected chi connectivity index (χ2v) is 9.60. The fraction of sp³-hybridized carbons (Fsp3) is 0. The van der Waals surface area contributed by atoms with E-state index in [2.05, 4.69) is 22.1 Å². The van der Waals surface area contributed by atoms with Crippen LogP contribution in [0, 0.1) is 0 Å². The number of benzene rings is 4. The summed E-state index contributed by atoms with van der Waals surface area (Å²) in [5, 5.41) is 2.37. The van der Waals surface area contributed by atoms with E-state index < -0.39 is 0 Å². The summed E-state index contributed by atoms with van der Waals surface area (Å²) in [5.74, 6) is -0.0749. The van der Waals surface area contributed by atoms with Crippen molar-refractivity contribution in [3.63, 3.8) is 0 Å². The maximum absolute atomic E-state index is 13.0. The number of nitrogens with zero attached hydrogens (tertiary/aromatic N) is 2. The van der Waals surface area contributed by atoms with Crippen LogP contribution in [0.4, 0.5) is 0 Å². The molecule has 170 valence electrons. The van der Waals surface area contributed by atoms with Gasteiger partial charge in [0, 0.05) is 16.7 Å². The summed E-state index contributed by atoms with van der Waals surface area (Å²) < 4.78 is 5.90. The molecule has 0 bridgehead atoms. The first-order chi connectivity index (χ1) is 17.6. The summed E-state index contributed by atoms with van der Waals surface area (Å²) in [6, 6.07) is 29.4. The van der Waals surface area contributed by atoms with Gasteiger partial charge in [-0.25, -0.2) is 0 Å². The number of Topliss-reactive ketones (excluding diaryl/α,β-unsaturated/α-hetero) is 2. The zero-order valence-electron chi connectivity index (χ0n) is 18.8. The number of allylic oxidation sites excluding steroid dienone is 1. The second-order valence-electron chi connectivity index (χ2n) is 8.59. The second kappa shape index (κ2) is 7.93. The molecule has 6 heteroatoms. The summed E-state index contributed by atoms with van der Waals surface area (Å²) in [5.41, 5.74) is 4.48. The summed E-state index contributed by atoms with van der Waals surface area (Å²) in [6.45, 7) is 0. The van der Waals surface area contributed by atoms with Crippen molar-refractivity contribution < 1.29 is 14.0 Å². The SMILES string of the molecule is O=C1C(=Cc2nc3oc(-c4ccc(-c5ccccc5)cc4)nc3s2)C(=O)c2cc3ccccc3cc21. The number of carbonyl (C=O) groups is 2. The van der Waals surface area contributed by atoms with Gasteiger partial charge in [0.2, 0.25) is 5.89 Å². The van der Waals surface area contributed by atoms with Crippen LogP contribution < -0.4 is 0 Å². The Kier molecular flexibility index (Phi) is 4.56. The third kappa shape index (κ3) is 3.31. The monoisotopic (exact) mass is 484 g/mol. The van der Waals surface area contributed by atoms with Crippen molar-refractivity contribution >= 4 is 50.3 Å². The van der Waals surface area contributed by atoms with E-state index in [1.807, 2.05) is 66.7 Å². The van der Waals surface area contributed by atoms with E-state index in [4.69, 9.17) is 4.42 Å². The van der Waals surface area contributed by atoms with Gasteiger partial charge >= 0.3 is 0 Å². The van der Waals surface area contributed by atoms with E-state index in [-0.39, 0.29) is 17.1 Å². The molecule has 1 aliphatic rings. The number of carbonyl (C=O) groups excluding carboxylic acids is 2. The summed E-state index contributed by atoms with van der Waals surface area (Å²) in [4.78, 5) is 35.7. The minimum Gasteiger partial charge on any atom is -0.417 e. The minimum absolute atomic E-state index is 0.119. The molecule has 0 saturated carbocycles. The Hall–Kier alpha value is -4.68. The number of oxazole rings is 1. The number of hydrogen-bond donors (Lipinski definition) is 0. The predicted octanol–water partition coefficient (Wildman–Crippen LogP) is 7.23. The van der Waals surface area contributed by atoms with Gasteiger partial charge in [-0.15, -0.1) is 0 Å². The van der Waals surface area contributed by atoms with Crippen molar-refractivity contribution in [2.24, 2.45) is 0 Å². The van der Waals surface area contributed by atoms with Crippen LogP contribution >= 0.6 is 11.3 Å². The van der Waals surface area contributed by atoms with Crippen LogP contribution in [0.25, 0.3) is 50.0 Å². The smallest absolute Gasteiger partial charge is 0.259 e. The molecular weight excluding hydrogens is 468 g/mol. The van der Waals surface area contributed by atoms with Gasteiger partial charge in [-0.05, 0) is 52.2 Å². The third-order valence-electron chi connectivity index (χ3n) is 6.36. The molecular formula is C30H16N2O3S. The molecule has 2 heterocycles. The Morgan fingerprint density at radius 3 is 1.89 bits per heavy atom. The van der Waals surface area contributed by atoms with Crippen LogP contribution in [0.15, 0.2) is 101 Å². The van der Waals surface area contributed by atoms with Gasteiger partial charge in [0.25, 0.3) is 5.71 Å². The number of aromatic nitrogens is 2. The van der Waals surface area contributed by atoms with Gasteiger partial charge in [0.15, 0.2) is 16.4 Å². The van der Waals surface area contributed by atoms with Crippen LogP contribution in [0.2, 0.25) is 0 Å². The minimum atomic E-state index is -0.278. The molecule has 1 aliphatic carbocycles. The number of rotatable bonds is 3. The molecule has 5 nitrogen and oxygen atoms in total. The van der Waals surface area contributed by atoms with Crippen LogP contribution in [-0.4, -0.2) is 21.5 Å². The number of fused-ring (bicyclic) bond motifs is 3. The highest BCUT2D eigenvalue weighted by Crippen LogP contribution is 2.34. The van der Waals surface area contributed by atoms with Crippen molar-refractivity contribution in [1.82, 2.24) is 9.97 Å². The maximum atomic E-state index is 13.0. The molecule has 7 rings (SSSR count). The number of ketones is 2. The molecule has 0 unspecified atom stereocenters. The average Bonchev–Trinajstić information content (AvgIpc) is 3.56. The lowest BCUT2D eigenvalue weighted by Gasteiger charge is -2.02. The molecule has 6 aromatic rings. The quantitative estimate of drug-likeness (QED) is 0.196. The van der Waals surface area contributed by atoms with Gasteiger partial charge in [0.1, 0.15) is 5.01 Å². The Morgan fingerprint density at radius 2 is 1.25 bits per heavy atom. The van der Waals surface area contributed by atoms with E-state index >= 15 is 0 Å². The van der Waals surface area contributed by atoms with Crippen molar-refractivity contribution in [2.45, 2.75) is 0 Å². The Balaban J connectivity index is 1.19. The normalized spacial score (nSPS) is 13.1. The number of thiazole rings is 1. The molecule has 0 radical (unpaired) electrons. The molecule has 0 amide bonds. The summed E-state index contributed by atoms with van der Waals surface area (Å²) in [6.07, 6.45) is 1.55. The van der Waals surface area contributed by atoms with Crippen molar-refractivity contribution in [1.29, 1.82) is 0 Å². The van der Waals surface area contributed by atoms with Crippen LogP contribution in [-0.2, 0) is 0 Å². The highest BCUT2D eigenvalue weighted by atomic mass is 32.1. The van der Waals surface area contributed by atoms with E-state index in [9.17, 15) is 9.59 Å². The molecule has 2 aromatic heterocycles. The molecule has 0 atom stereocenters. The third-order valence-corrected chi connectivity index (χ3v) is 7.24. The van der Waals surface area contributed by atoms with Gasteiger partial charge < -0.3 is 4.42 Å². The van der Waals surface area contributed by atoms with Gasteiger partial charge in [-0.2, -0.15) is 9.97 Å². The molecule has 0 spiro atoms. The average molecular weight is 485 g/mol. The van der Waals surface area contributed by atoms with E-state index in [1.54, 1.807) is 18.2 Å². The fourth-order valence-corrected chi connectivity index (χ4v) is 5.35. The number of hydrogen-bond acceptors (Lipinski definition) is 6. The zero-order chi connectivity index (χ0) is 24.2. The van der Waals surface area contributed by atoms with Crippen LogP contribution in [0.1, 0.15) is 25.7 Å². The van der Waals surface area contributed by atoms with Gasteiger partial charge in [0.05, 0.1) is 5.57 Å². The van der Waals surface area contributed by atoms with E-state index in [0.29, 0.717) is 32.6 Å². The Labute approximate surface area is 209 Å². The first kappa shape index (κ1) is 20.7. The first-order valence-corrected chi connectivity index (χ1v) is 12.2. The van der Waals surface area contributed by atoms with E-state index in [1.165, 1.54) is 11.3 Å². The molecule has 4 aromatic carbocycles. The highest BCUT2D eigenvalue weighted by Gasteiger charge is 2.33. The predicted molar refractivity (Wildman–Crippen MR) is 141 cm³/mol. The molecule has 0 aliphatic heterocycles. The zero-order valence-corrected chi connectivity index (χ0v) is 19.6. The molecule has 36 heavy (non-hydrogen) atoms. The molecule has 0 saturated heterocycles. The van der Waals surface area contributed by atoms with Crippen LogP contribution in [0.3, 0.4) is 0 Å². The topological polar surface area (TPSA) is 73.1 Å².